The molecule has 0 saturated heterocycles. The van der Waals surface area contributed by atoms with Crippen molar-refractivity contribution in [3.8, 4) is 6.07 Å². The van der Waals surface area contributed by atoms with Gasteiger partial charge in [0.25, 0.3) is 5.91 Å². The molecule has 6 heteroatoms. The van der Waals surface area contributed by atoms with E-state index < -0.39 is 23.3 Å². The molecular weight excluding hydrogens is 323 g/mol. The normalized spacial score (nSPS) is 16.7. The van der Waals surface area contributed by atoms with E-state index in [1.165, 1.54) is 17.9 Å². The lowest BCUT2D eigenvalue weighted by atomic mass is 9.78. The van der Waals surface area contributed by atoms with E-state index in [9.17, 15) is 14.0 Å². The van der Waals surface area contributed by atoms with Gasteiger partial charge in [0, 0.05) is 19.2 Å². The molecule has 25 heavy (non-hydrogen) atoms. The Bertz CT molecular complexity index is 677. The Labute approximate surface area is 147 Å². The summed E-state index contributed by atoms with van der Waals surface area (Å²) in [5.74, 6) is -1.35. The van der Waals surface area contributed by atoms with Gasteiger partial charge in [-0.25, -0.2) is 4.39 Å². The molecule has 1 saturated carbocycles. The summed E-state index contributed by atoms with van der Waals surface area (Å²) in [7, 11) is 1.56. The lowest BCUT2D eigenvalue weighted by molar-refractivity contribution is -0.163. The number of nitriles is 1. The smallest absolute Gasteiger partial charge is 0.317 e. The SMILES string of the molecule is C[C@@H](OC(=O)C1(c2ccccc2F)CCCC1)C(=O)N(C)CCC#N. The number of carbonyl (C=O) groups excluding carboxylic acids is 2. The van der Waals surface area contributed by atoms with Crippen LogP contribution in [-0.4, -0.2) is 36.5 Å². The van der Waals surface area contributed by atoms with Crippen LogP contribution in [0.2, 0.25) is 0 Å². The van der Waals surface area contributed by atoms with E-state index in [1.54, 1.807) is 25.2 Å². The Kier molecular flexibility index (Phi) is 6.13. The molecule has 0 aromatic heterocycles. The molecule has 134 valence electrons. The maximum absolute atomic E-state index is 14.3. The predicted octanol–water partition coefficient (Wildman–Crippen LogP) is 2.94. The number of esters is 1. The molecule has 0 bridgehead atoms. The first kappa shape index (κ1) is 18.9. The molecule has 1 fully saturated rings. The number of ether oxygens (including phenoxy) is 1. The number of benzene rings is 1. The van der Waals surface area contributed by atoms with Gasteiger partial charge in [-0.3, -0.25) is 9.59 Å². The first-order chi connectivity index (χ1) is 11.9. The van der Waals surface area contributed by atoms with Gasteiger partial charge in [-0.15, -0.1) is 0 Å². The molecule has 1 aliphatic rings. The largest absolute Gasteiger partial charge is 0.452 e. The summed E-state index contributed by atoms with van der Waals surface area (Å²) in [6.45, 7) is 1.78. The molecule has 5 nitrogen and oxygen atoms in total. The molecule has 2 rings (SSSR count). The minimum Gasteiger partial charge on any atom is -0.452 e. The van der Waals surface area contributed by atoms with Gasteiger partial charge in [0.1, 0.15) is 5.82 Å². The van der Waals surface area contributed by atoms with Crippen LogP contribution < -0.4 is 0 Å². The summed E-state index contributed by atoms with van der Waals surface area (Å²) in [6, 6.07) is 8.22. The van der Waals surface area contributed by atoms with Crippen molar-refractivity contribution in [3.05, 3.63) is 35.6 Å². The summed E-state index contributed by atoms with van der Waals surface area (Å²) >= 11 is 0. The van der Waals surface area contributed by atoms with Crippen LogP contribution in [0.4, 0.5) is 4.39 Å². The van der Waals surface area contributed by atoms with E-state index in [2.05, 4.69) is 0 Å². The highest BCUT2D eigenvalue weighted by atomic mass is 19.1. The van der Waals surface area contributed by atoms with Gasteiger partial charge >= 0.3 is 5.97 Å². The van der Waals surface area contributed by atoms with Gasteiger partial charge in [0.15, 0.2) is 6.10 Å². The van der Waals surface area contributed by atoms with Gasteiger partial charge in [0.05, 0.1) is 17.9 Å². The van der Waals surface area contributed by atoms with Crippen LogP contribution in [0.1, 0.15) is 44.6 Å². The van der Waals surface area contributed by atoms with Crippen LogP contribution in [0.3, 0.4) is 0 Å². The number of halogens is 1. The van der Waals surface area contributed by atoms with Gasteiger partial charge in [0.2, 0.25) is 0 Å². The molecule has 1 atom stereocenters. The minimum atomic E-state index is -1.02. The van der Waals surface area contributed by atoms with Crippen LogP contribution in [0.5, 0.6) is 0 Å². The first-order valence-electron chi connectivity index (χ1n) is 8.50. The third-order valence-corrected chi connectivity index (χ3v) is 4.80. The van der Waals surface area contributed by atoms with E-state index in [1.807, 2.05) is 6.07 Å². The molecule has 0 heterocycles. The van der Waals surface area contributed by atoms with Crippen molar-refractivity contribution >= 4 is 11.9 Å². The van der Waals surface area contributed by atoms with Crippen LogP contribution in [0.25, 0.3) is 0 Å². The van der Waals surface area contributed by atoms with Gasteiger partial charge in [-0.1, -0.05) is 31.0 Å². The predicted molar refractivity (Wildman–Crippen MR) is 90.0 cm³/mol. The lowest BCUT2D eigenvalue weighted by Gasteiger charge is -2.30. The maximum Gasteiger partial charge on any atom is 0.317 e. The minimum absolute atomic E-state index is 0.210. The molecule has 0 unspecified atom stereocenters. The van der Waals surface area contributed by atoms with Crippen LogP contribution in [0.15, 0.2) is 24.3 Å². The van der Waals surface area contributed by atoms with Crippen LogP contribution in [0, 0.1) is 17.1 Å². The third-order valence-electron chi connectivity index (χ3n) is 4.80. The Balaban J connectivity index is 2.15. The van der Waals surface area contributed by atoms with Crippen molar-refractivity contribution in [1.82, 2.24) is 4.90 Å². The zero-order valence-electron chi connectivity index (χ0n) is 14.6. The quantitative estimate of drug-likeness (QED) is 0.743. The summed E-state index contributed by atoms with van der Waals surface area (Å²) in [6.07, 6.45) is 1.89. The molecule has 0 aliphatic heterocycles. The lowest BCUT2D eigenvalue weighted by Crippen LogP contribution is -2.43. The summed E-state index contributed by atoms with van der Waals surface area (Å²) in [5, 5.41) is 8.60. The number of hydrogen-bond acceptors (Lipinski definition) is 4. The summed E-state index contributed by atoms with van der Waals surface area (Å²) in [5.41, 5.74) is -0.680. The first-order valence-corrected chi connectivity index (χ1v) is 8.50. The zero-order valence-corrected chi connectivity index (χ0v) is 14.6. The van der Waals surface area contributed by atoms with Gasteiger partial charge in [-0.2, -0.15) is 5.26 Å². The molecule has 0 N–H and O–H groups in total. The number of likely N-dealkylation sites (N-methyl/N-ethyl adjacent to an activating group) is 1. The van der Waals surface area contributed by atoms with Crippen molar-refractivity contribution < 1.29 is 18.7 Å². The molecule has 1 aromatic carbocycles. The van der Waals surface area contributed by atoms with Gasteiger partial charge < -0.3 is 9.64 Å². The highest BCUT2D eigenvalue weighted by molar-refractivity contribution is 5.88. The Morgan fingerprint density at radius 3 is 2.60 bits per heavy atom. The number of rotatable bonds is 6. The number of amides is 1. The van der Waals surface area contributed by atoms with E-state index in [0.29, 0.717) is 18.4 Å². The fourth-order valence-electron chi connectivity index (χ4n) is 3.37. The van der Waals surface area contributed by atoms with Crippen molar-refractivity contribution in [3.63, 3.8) is 0 Å². The van der Waals surface area contributed by atoms with E-state index in [0.717, 1.165) is 12.8 Å². The number of hydrogen-bond donors (Lipinski definition) is 0. The second kappa shape index (κ2) is 8.11. The molecule has 1 aromatic rings. The Morgan fingerprint density at radius 1 is 1.36 bits per heavy atom. The summed E-state index contributed by atoms with van der Waals surface area (Å²) in [4.78, 5) is 26.5. The molecule has 1 aliphatic carbocycles. The fraction of sp³-hybridized carbons (Fsp3) is 0.526. The summed E-state index contributed by atoms with van der Waals surface area (Å²) < 4.78 is 19.7. The Hall–Kier alpha value is -2.42. The number of nitrogens with zero attached hydrogens (tertiary/aromatic N) is 2. The van der Waals surface area contributed by atoms with Crippen LogP contribution in [-0.2, 0) is 19.7 Å². The van der Waals surface area contributed by atoms with Crippen molar-refractivity contribution in [1.29, 1.82) is 5.26 Å². The van der Waals surface area contributed by atoms with Crippen LogP contribution >= 0.6 is 0 Å². The van der Waals surface area contributed by atoms with Crippen molar-refractivity contribution in [2.75, 3.05) is 13.6 Å². The molecule has 0 spiro atoms. The Morgan fingerprint density at radius 2 is 2.00 bits per heavy atom. The average molecular weight is 346 g/mol. The zero-order chi connectivity index (χ0) is 18.4. The molecule has 0 radical (unpaired) electrons. The standard InChI is InChI=1S/C19H23FN2O3/c1-14(17(23)22(2)13-7-12-21)25-18(24)19(10-5-6-11-19)15-8-3-4-9-16(15)20/h3-4,8-9,14H,5-7,10-11,13H2,1-2H3/t14-/m1/s1. The van der Waals surface area contributed by atoms with E-state index >= 15 is 0 Å². The van der Waals surface area contributed by atoms with Crippen molar-refractivity contribution in [2.45, 2.75) is 50.5 Å². The molecule has 1 amide bonds. The van der Waals surface area contributed by atoms with Gasteiger partial charge in [-0.05, 0) is 25.8 Å². The molecular formula is C19H23FN2O3. The highest BCUT2D eigenvalue weighted by Gasteiger charge is 2.46. The van der Waals surface area contributed by atoms with E-state index in [4.69, 9.17) is 10.00 Å². The maximum atomic E-state index is 14.3. The van der Waals surface area contributed by atoms with E-state index in [-0.39, 0.29) is 18.9 Å². The second-order valence-electron chi connectivity index (χ2n) is 6.48. The topological polar surface area (TPSA) is 70.4 Å². The highest BCUT2D eigenvalue weighted by Crippen LogP contribution is 2.43. The fourth-order valence-corrected chi connectivity index (χ4v) is 3.37. The number of carbonyl (C=O) groups is 2. The third kappa shape index (κ3) is 3.98. The average Bonchev–Trinajstić information content (AvgIpc) is 3.10. The second-order valence-corrected chi connectivity index (χ2v) is 6.48. The van der Waals surface area contributed by atoms with Crippen molar-refractivity contribution in [2.24, 2.45) is 0 Å². The monoisotopic (exact) mass is 346 g/mol.